The Morgan fingerprint density at radius 3 is 2.88 bits per heavy atom. The maximum absolute atomic E-state index is 12.7. The summed E-state index contributed by atoms with van der Waals surface area (Å²) in [7, 11) is 0. The van der Waals surface area contributed by atoms with E-state index in [0.29, 0.717) is 32.5 Å². The lowest BCUT2D eigenvalue weighted by Crippen LogP contribution is -2.40. The van der Waals surface area contributed by atoms with Crippen molar-refractivity contribution in [3.8, 4) is 0 Å². The van der Waals surface area contributed by atoms with E-state index in [-0.39, 0.29) is 5.91 Å². The van der Waals surface area contributed by atoms with Crippen LogP contribution in [0.25, 0.3) is 10.8 Å². The molecule has 3 aromatic rings. The molecule has 1 atom stereocenters. The van der Waals surface area contributed by atoms with Crippen molar-refractivity contribution >= 4 is 16.7 Å². The second-order valence-corrected chi connectivity index (χ2v) is 6.71. The summed E-state index contributed by atoms with van der Waals surface area (Å²) in [4.78, 5) is 14.5. The maximum atomic E-state index is 12.7. The van der Waals surface area contributed by atoms with Crippen molar-refractivity contribution in [3.05, 3.63) is 60.4 Å². The number of fused-ring (bicyclic) bond motifs is 1. The van der Waals surface area contributed by atoms with Gasteiger partial charge in [-0.15, -0.1) is 5.10 Å². The van der Waals surface area contributed by atoms with Crippen LogP contribution in [-0.4, -0.2) is 49.6 Å². The molecular formula is C19H20N4O2. The van der Waals surface area contributed by atoms with Crippen LogP contribution in [0, 0.1) is 0 Å². The third-order valence-electron chi connectivity index (χ3n) is 4.83. The molecule has 0 bridgehead atoms. The molecule has 0 aliphatic carbocycles. The van der Waals surface area contributed by atoms with Gasteiger partial charge >= 0.3 is 0 Å². The first kappa shape index (κ1) is 15.8. The molecule has 6 nitrogen and oxygen atoms in total. The van der Waals surface area contributed by atoms with Crippen LogP contribution < -0.4 is 0 Å². The van der Waals surface area contributed by atoms with Crippen LogP contribution in [0.3, 0.4) is 0 Å². The first-order valence-corrected chi connectivity index (χ1v) is 8.44. The molecule has 25 heavy (non-hydrogen) atoms. The van der Waals surface area contributed by atoms with E-state index in [1.54, 1.807) is 22.0 Å². The highest BCUT2D eigenvalue weighted by Crippen LogP contribution is 2.25. The molecule has 1 aliphatic heterocycles. The Morgan fingerprint density at radius 1 is 1.20 bits per heavy atom. The van der Waals surface area contributed by atoms with Gasteiger partial charge in [-0.3, -0.25) is 4.79 Å². The van der Waals surface area contributed by atoms with Crippen LogP contribution in [0.5, 0.6) is 0 Å². The molecule has 1 amide bonds. The lowest BCUT2D eigenvalue weighted by Gasteiger charge is -2.23. The molecule has 0 radical (unpaired) electrons. The Morgan fingerprint density at radius 2 is 2.04 bits per heavy atom. The Labute approximate surface area is 145 Å². The minimum Gasteiger partial charge on any atom is -0.386 e. The summed E-state index contributed by atoms with van der Waals surface area (Å²) in [5.41, 5.74) is 0.0806. The highest BCUT2D eigenvalue weighted by molar-refractivity contribution is 5.90. The molecule has 1 saturated heterocycles. The summed E-state index contributed by atoms with van der Waals surface area (Å²) in [6.45, 7) is 1.25. The van der Waals surface area contributed by atoms with Gasteiger partial charge in [-0.05, 0) is 22.8 Å². The third-order valence-corrected chi connectivity index (χ3v) is 4.83. The lowest BCUT2D eigenvalue weighted by molar-refractivity contribution is -0.130. The average molecular weight is 336 g/mol. The van der Waals surface area contributed by atoms with Crippen LogP contribution in [0.4, 0.5) is 0 Å². The summed E-state index contributed by atoms with van der Waals surface area (Å²) in [5.74, 6) is 0.0471. The van der Waals surface area contributed by atoms with Gasteiger partial charge in [0.15, 0.2) is 0 Å². The molecule has 4 rings (SSSR count). The van der Waals surface area contributed by atoms with E-state index in [9.17, 15) is 9.90 Å². The molecule has 1 N–H and O–H groups in total. The summed E-state index contributed by atoms with van der Waals surface area (Å²) >= 11 is 0. The largest absolute Gasteiger partial charge is 0.386 e. The number of nitrogens with zero attached hydrogens (tertiary/aromatic N) is 4. The fourth-order valence-corrected chi connectivity index (χ4v) is 3.54. The number of likely N-dealkylation sites (tertiary alicyclic amines) is 1. The van der Waals surface area contributed by atoms with Crippen LogP contribution in [0.1, 0.15) is 12.0 Å². The second-order valence-electron chi connectivity index (χ2n) is 6.71. The molecule has 0 spiro atoms. The number of aromatic nitrogens is 3. The van der Waals surface area contributed by atoms with E-state index >= 15 is 0 Å². The highest BCUT2D eigenvalue weighted by atomic mass is 16.3. The monoisotopic (exact) mass is 336 g/mol. The van der Waals surface area contributed by atoms with Crippen LogP contribution in [0.15, 0.2) is 54.9 Å². The van der Waals surface area contributed by atoms with Crippen LogP contribution in [0.2, 0.25) is 0 Å². The molecule has 0 saturated carbocycles. The van der Waals surface area contributed by atoms with E-state index in [1.807, 2.05) is 30.3 Å². The Balaban J connectivity index is 1.47. The van der Waals surface area contributed by atoms with E-state index < -0.39 is 5.60 Å². The first-order chi connectivity index (χ1) is 12.1. The van der Waals surface area contributed by atoms with Crippen molar-refractivity contribution < 1.29 is 9.90 Å². The van der Waals surface area contributed by atoms with Crippen molar-refractivity contribution in [2.24, 2.45) is 0 Å². The standard InChI is InChI=1S/C19H20N4O2/c24-18(12-16-6-3-5-15-4-1-2-7-17(15)16)22-10-8-19(25,13-22)14-23-11-9-20-21-23/h1-7,9,11,25H,8,10,12-14H2. The smallest absolute Gasteiger partial charge is 0.227 e. The summed E-state index contributed by atoms with van der Waals surface area (Å²) in [6, 6.07) is 14.1. The number of benzene rings is 2. The normalized spacial score (nSPS) is 20.3. The van der Waals surface area contributed by atoms with Gasteiger partial charge in [0.05, 0.1) is 25.7 Å². The lowest BCUT2D eigenvalue weighted by atomic mass is 10.0. The van der Waals surface area contributed by atoms with Crippen molar-refractivity contribution in [3.63, 3.8) is 0 Å². The van der Waals surface area contributed by atoms with Gasteiger partial charge in [-0.25, -0.2) is 4.68 Å². The van der Waals surface area contributed by atoms with Gasteiger partial charge in [0.2, 0.25) is 5.91 Å². The number of β-amino-alcohol motifs (C(OH)–C–C–N with tert-alkyl or cyclic N) is 1. The number of hydrogen-bond acceptors (Lipinski definition) is 4. The molecule has 6 heteroatoms. The van der Waals surface area contributed by atoms with Gasteiger partial charge in [0, 0.05) is 12.7 Å². The van der Waals surface area contributed by atoms with Crippen molar-refractivity contribution in [2.45, 2.75) is 25.0 Å². The van der Waals surface area contributed by atoms with E-state index in [0.717, 1.165) is 16.3 Å². The number of hydrogen-bond donors (Lipinski definition) is 1. The topological polar surface area (TPSA) is 71.2 Å². The number of rotatable bonds is 4. The second kappa shape index (κ2) is 6.29. The molecular weight excluding hydrogens is 316 g/mol. The Kier molecular flexibility index (Phi) is 3.97. The Hall–Kier alpha value is -2.73. The van der Waals surface area contributed by atoms with Gasteiger partial charge in [0.1, 0.15) is 5.60 Å². The molecule has 2 aromatic carbocycles. The number of carbonyl (C=O) groups excluding carboxylic acids is 1. The minimum atomic E-state index is -0.942. The fraction of sp³-hybridized carbons (Fsp3) is 0.316. The quantitative estimate of drug-likeness (QED) is 0.786. The predicted molar refractivity (Wildman–Crippen MR) is 93.8 cm³/mol. The van der Waals surface area contributed by atoms with Crippen molar-refractivity contribution in [1.82, 2.24) is 19.9 Å². The fourth-order valence-electron chi connectivity index (χ4n) is 3.54. The Bertz CT molecular complexity index is 888. The SMILES string of the molecule is O=C(Cc1cccc2ccccc12)N1CCC(O)(Cn2ccnn2)C1. The summed E-state index contributed by atoms with van der Waals surface area (Å²) in [6.07, 6.45) is 4.20. The van der Waals surface area contributed by atoms with Crippen LogP contribution in [-0.2, 0) is 17.8 Å². The zero-order chi connectivity index (χ0) is 17.3. The molecule has 128 valence electrons. The number of amides is 1. The summed E-state index contributed by atoms with van der Waals surface area (Å²) in [5, 5.41) is 20.6. The van der Waals surface area contributed by atoms with Gasteiger partial charge in [-0.2, -0.15) is 0 Å². The zero-order valence-electron chi connectivity index (χ0n) is 13.9. The maximum Gasteiger partial charge on any atom is 0.227 e. The number of carbonyl (C=O) groups is 1. The average Bonchev–Trinajstić information content (AvgIpc) is 3.25. The number of aliphatic hydroxyl groups is 1. The van der Waals surface area contributed by atoms with E-state index in [1.165, 1.54) is 0 Å². The molecule has 1 aliphatic rings. The van der Waals surface area contributed by atoms with Crippen molar-refractivity contribution in [1.29, 1.82) is 0 Å². The molecule has 1 fully saturated rings. The third kappa shape index (κ3) is 3.25. The van der Waals surface area contributed by atoms with Gasteiger partial charge in [-0.1, -0.05) is 47.7 Å². The predicted octanol–water partition coefficient (Wildman–Crippen LogP) is 1.64. The molecule has 1 unspecified atom stereocenters. The molecule has 2 heterocycles. The zero-order valence-corrected chi connectivity index (χ0v) is 13.9. The van der Waals surface area contributed by atoms with Crippen molar-refractivity contribution in [2.75, 3.05) is 13.1 Å². The van der Waals surface area contributed by atoms with E-state index in [2.05, 4.69) is 22.4 Å². The van der Waals surface area contributed by atoms with E-state index in [4.69, 9.17) is 0 Å². The molecule has 1 aromatic heterocycles. The first-order valence-electron chi connectivity index (χ1n) is 8.44. The minimum absolute atomic E-state index is 0.0471. The van der Waals surface area contributed by atoms with Gasteiger partial charge in [0.25, 0.3) is 0 Å². The van der Waals surface area contributed by atoms with Crippen LogP contribution >= 0.6 is 0 Å². The summed E-state index contributed by atoms with van der Waals surface area (Å²) < 4.78 is 1.61. The highest BCUT2D eigenvalue weighted by Gasteiger charge is 2.38. The van der Waals surface area contributed by atoms with Gasteiger partial charge < -0.3 is 10.0 Å².